The topological polar surface area (TPSA) is 78.5 Å². The van der Waals surface area contributed by atoms with Crippen molar-refractivity contribution in [3.05, 3.63) is 65.7 Å². The first-order valence-corrected chi connectivity index (χ1v) is 11.7. The Morgan fingerprint density at radius 1 is 1.09 bits per heavy atom. The third-order valence-corrected chi connectivity index (χ3v) is 6.53. The number of nitrogens with zero attached hydrogens (tertiary/aromatic N) is 1. The standard InChI is InChI=1S/C27H31N3O3/c1-19-13-15-22-23(17-19)30(25(32)16-14-20-9-5-3-6-10-20)27(2,18-24(31)29-22)26(33)28-21-11-7-4-8-12-21/h3,5-6,9-10,13-17,21H,4,7-8,11-12,18H2,1-2H3,(H,28,33)(H,29,31)/b16-14+. The van der Waals surface area contributed by atoms with Crippen molar-refractivity contribution in [1.29, 1.82) is 0 Å². The fourth-order valence-corrected chi connectivity index (χ4v) is 4.72. The number of hydrogen-bond donors (Lipinski definition) is 2. The van der Waals surface area contributed by atoms with Crippen LogP contribution < -0.4 is 15.5 Å². The lowest BCUT2D eigenvalue weighted by Crippen LogP contribution is -2.61. The number of fused-ring (bicyclic) bond motifs is 1. The van der Waals surface area contributed by atoms with Crippen LogP contribution in [0.15, 0.2) is 54.6 Å². The minimum atomic E-state index is -1.36. The van der Waals surface area contributed by atoms with E-state index in [2.05, 4.69) is 10.6 Å². The summed E-state index contributed by atoms with van der Waals surface area (Å²) in [6.07, 6.45) is 8.26. The minimum absolute atomic E-state index is 0.0724. The average Bonchev–Trinajstić information content (AvgIpc) is 2.92. The van der Waals surface area contributed by atoms with E-state index in [1.165, 1.54) is 17.4 Å². The molecular weight excluding hydrogens is 414 g/mol. The number of nitrogens with one attached hydrogen (secondary N) is 2. The molecule has 1 heterocycles. The van der Waals surface area contributed by atoms with Gasteiger partial charge in [0.25, 0.3) is 5.91 Å². The van der Waals surface area contributed by atoms with Crippen molar-refractivity contribution in [2.45, 2.75) is 64.0 Å². The number of rotatable bonds is 4. The summed E-state index contributed by atoms with van der Waals surface area (Å²) in [5, 5.41) is 6.03. The first-order chi connectivity index (χ1) is 15.9. The maximum atomic E-state index is 13.7. The van der Waals surface area contributed by atoms with Crippen LogP contribution in [0, 0.1) is 6.92 Å². The molecule has 1 atom stereocenters. The molecule has 0 bridgehead atoms. The maximum Gasteiger partial charge on any atom is 0.252 e. The Bertz CT molecular complexity index is 1070. The average molecular weight is 446 g/mol. The molecule has 33 heavy (non-hydrogen) atoms. The Hall–Kier alpha value is -3.41. The molecule has 1 unspecified atom stereocenters. The SMILES string of the molecule is Cc1ccc2c(c1)N(C(=O)/C=C/c1ccccc1)C(C)(C(=O)NC1CCCCC1)CC(=O)N2. The number of amides is 3. The molecule has 0 aromatic heterocycles. The van der Waals surface area contributed by atoms with Gasteiger partial charge in [0.15, 0.2) is 0 Å². The molecule has 3 amide bonds. The second kappa shape index (κ2) is 9.61. The molecule has 1 aliphatic carbocycles. The Kier molecular flexibility index (Phi) is 6.63. The molecule has 6 heteroatoms. The molecule has 1 fully saturated rings. The van der Waals surface area contributed by atoms with Gasteiger partial charge in [0.2, 0.25) is 11.8 Å². The van der Waals surface area contributed by atoms with E-state index < -0.39 is 5.54 Å². The normalized spacial score (nSPS) is 21.3. The lowest BCUT2D eigenvalue weighted by molar-refractivity contribution is -0.132. The largest absolute Gasteiger partial charge is 0.351 e. The highest BCUT2D eigenvalue weighted by Gasteiger charge is 2.47. The zero-order chi connectivity index (χ0) is 23.4. The van der Waals surface area contributed by atoms with Gasteiger partial charge in [-0.05, 0) is 56.0 Å². The van der Waals surface area contributed by atoms with E-state index in [0.717, 1.165) is 36.8 Å². The lowest BCUT2D eigenvalue weighted by atomic mass is 9.90. The van der Waals surface area contributed by atoms with Crippen LogP contribution in [0.25, 0.3) is 6.08 Å². The Balaban J connectivity index is 1.74. The third-order valence-electron chi connectivity index (χ3n) is 6.53. The van der Waals surface area contributed by atoms with Gasteiger partial charge in [0, 0.05) is 12.1 Å². The number of carbonyl (C=O) groups is 3. The molecule has 0 spiro atoms. The van der Waals surface area contributed by atoms with Crippen molar-refractivity contribution in [2.24, 2.45) is 0 Å². The van der Waals surface area contributed by atoms with E-state index in [9.17, 15) is 14.4 Å². The van der Waals surface area contributed by atoms with Crippen LogP contribution >= 0.6 is 0 Å². The summed E-state index contributed by atoms with van der Waals surface area (Å²) in [7, 11) is 0. The number of anilines is 2. The molecule has 0 saturated heterocycles. The molecule has 1 aliphatic heterocycles. The Labute approximate surface area is 195 Å². The second-order valence-electron chi connectivity index (χ2n) is 9.25. The van der Waals surface area contributed by atoms with Gasteiger partial charge in [-0.25, -0.2) is 0 Å². The highest BCUT2D eigenvalue weighted by atomic mass is 16.2. The maximum absolute atomic E-state index is 13.7. The van der Waals surface area contributed by atoms with Gasteiger partial charge in [-0.1, -0.05) is 55.7 Å². The summed E-state index contributed by atoms with van der Waals surface area (Å²) in [6, 6.07) is 15.1. The first kappa shape index (κ1) is 22.8. The quantitative estimate of drug-likeness (QED) is 0.676. The lowest BCUT2D eigenvalue weighted by Gasteiger charge is -2.39. The molecule has 2 aromatic carbocycles. The van der Waals surface area contributed by atoms with Gasteiger partial charge in [-0.2, -0.15) is 0 Å². The highest BCUT2D eigenvalue weighted by Crippen LogP contribution is 2.38. The van der Waals surface area contributed by atoms with Crippen molar-refractivity contribution in [3.8, 4) is 0 Å². The summed E-state index contributed by atoms with van der Waals surface area (Å²) in [6.45, 7) is 3.62. The van der Waals surface area contributed by atoms with Gasteiger partial charge in [-0.15, -0.1) is 0 Å². The van der Waals surface area contributed by atoms with Crippen LogP contribution in [-0.2, 0) is 14.4 Å². The van der Waals surface area contributed by atoms with E-state index in [1.54, 1.807) is 19.1 Å². The molecule has 2 aliphatic rings. The highest BCUT2D eigenvalue weighted by molar-refractivity contribution is 6.15. The smallest absolute Gasteiger partial charge is 0.252 e. The van der Waals surface area contributed by atoms with Gasteiger partial charge in [0.1, 0.15) is 5.54 Å². The van der Waals surface area contributed by atoms with Gasteiger partial charge < -0.3 is 10.6 Å². The van der Waals surface area contributed by atoms with Gasteiger partial charge >= 0.3 is 0 Å². The Morgan fingerprint density at radius 3 is 2.55 bits per heavy atom. The molecule has 1 saturated carbocycles. The van der Waals surface area contributed by atoms with Crippen molar-refractivity contribution in [1.82, 2.24) is 5.32 Å². The number of carbonyl (C=O) groups excluding carboxylic acids is 3. The van der Waals surface area contributed by atoms with E-state index in [1.807, 2.05) is 49.4 Å². The van der Waals surface area contributed by atoms with E-state index in [-0.39, 0.29) is 30.2 Å². The summed E-state index contributed by atoms with van der Waals surface area (Å²) < 4.78 is 0. The Morgan fingerprint density at radius 2 is 1.82 bits per heavy atom. The van der Waals surface area contributed by atoms with Crippen LogP contribution in [0.3, 0.4) is 0 Å². The molecule has 0 radical (unpaired) electrons. The predicted octanol–water partition coefficient (Wildman–Crippen LogP) is 4.59. The summed E-state index contributed by atoms with van der Waals surface area (Å²) >= 11 is 0. The van der Waals surface area contributed by atoms with Crippen molar-refractivity contribution < 1.29 is 14.4 Å². The third kappa shape index (κ3) is 5.00. The van der Waals surface area contributed by atoms with Crippen LogP contribution in [-0.4, -0.2) is 29.3 Å². The number of benzene rings is 2. The number of hydrogen-bond acceptors (Lipinski definition) is 3. The second-order valence-corrected chi connectivity index (χ2v) is 9.25. The van der Waals surface area contributed by atoms with E-state index in [0.29, 0.717) is 11.4 Å². The molecule has 2 N–H and O–H groups in total. The minimum Gasteiger partial charge on any atom is -0.351 e. The first-order valence-electron chi connectivity index (χ1n) is 11.7. The van der Waals surface area contributed by atoms with Gasteiger partial charge in [-0.3, -0.25) is 19.3 Å². The summed E-state index contributed by atoms with van der Waals surface area (Å²) in [5.74, 6) is -0.924. The van der Waals surface area contributed by atoms with Crippen LogP contribution in [0.5, 0.6) is 0 Å². The number of aryl methyl sites for hydroxylation is 1. The molecule has 2 aromatic rings. The van der Waals surface area contributed by atoms with Crippen LogP contribution in [0.2, 0.25) is 0 Å². The summed E-state index contributed by atoms with van der Waals surface area (Å²) in [5.41, 5.74) is 1.52. The fraction of sp³-hybridized carbons (Fsp3) is 0.370. The van der Waals surface area contributed by atoms with Crippen molar-refractivity contribution >= 4 is 35.2 Å². The fourth-order valence-electron chi connectivity index (χ4n) is 4.72. The molecule has 172 valence electrons. The molecule has 6 nitrogen and oxygen atoms in total. The molecular formula is C27H31N3O3. The van der Waals surface area contributed by atoms with Crippen molar-refractivity contribution in [2.75, 3.05) is 10.2 Å². The van der Waals surface area contributed by atoms with E-state index >= 15 is 0 Å². The van der Waals surface area contributed by atoms with E-state index in [4.69, 9.17) is 0 Å². The monoisotopic (exact) mass is 445 g/mol. The zero-order valence-corrected chi connectivity index (χ0v) is 19.3. The predicted molar refractivity (Wildman–Crippen MR) is 131 cm³/mol. The van der Waals surface area contributed by atoms with Crippen LogP contribution in [0.1, 0.15) is 56.6 Å². The van der Waals surface area contributed by atoms with Crippen LogP contribution in [0.4, 0.5) is 11.4 Å². The van der Waals surface area contributed by atoms with Gasteiger partial charge in [0.05, 0.1) is 17.8 Å². The zero-order valence-electron chi connectivity index (χ0n) is 19.3. The molecule has 4 rings (SSSR count). The summed E-state index contributed by atoms with van der Waals surface area (Å²) in [4.78, 5) is 41.6. The van der Waals surface area contributed by atoms with Crippen molar-refractivity contribution in [3.63, 3.8) is 0 Å².